The Morgan fingerprint density at radius 1 is 1.21 bits per heavy atom. The van der Waals surface area contributed by atoms with E-state index in [0.717, 1.165) is 55.2 Å². The number of hydrogen-bond acceptors (Lipinski definition) is 5. The van der Waals surface area contributed by atoms with Gasteiger partial charge >= 0.3 is 0 Å². The summed E-state index contributed by atoms with van der Waals surface area (Å²) in [6.07, 6.45) is 0. The fourth-order valence-electron chi connectivity index (χ4n) is 3.59. The minimum Gasteiger partial charge on any atom is -0.465 e. The Bertz CT molecular complexity index is 804. The maximum Gasteiger partial charge on any atom is 0.191 e. The van der Waals surface area contributed by atoms with Gasteiger partial charge in [-0.2, -0.15) is 5.10 Å². The second kappa shape index (κ2) is 9.25. The van der Waals surface area contributed by atoms with E-state index in [9.17, 15) is 0 Å². The van der Waals surface area contributed by atoms with Crippen molar-refractivity contribution in [3.8, 4) is 0 Å². The first-order chi connectivity index (χ1) is 13.5. The van der Waals surface area contributed by atoms with Crippen molar-refractivity contribution in [1.29, 1.82) is 0 Å². The van der Waals surface area contributed by atoms with Gasteiger partial charge in [0.25, 0.3) is 0 Å². The molecule has 0 aliphatic carbocycles. The number of aliphatic imine (C=N–C) groups is 1. The van der Waals surface area contributed by atoms with Crippen molar-refractivity contribution in [2.24, 2.45) is 12.0 Å². The Balaban J connectivity index is 1.63. The minimum absolute atomic E-state index is 0.137. The van der Waals surface area contributed by atoms with Gasteiger partial charge in [-0.25, -0.2) is 0 Å². The molecule has 0 bridgehead atoms. The molecule has 1 saturated heterocycles. The van der Waals surface area contributed by atoms with Crippen LogP contribution in [0.3, 0.4) is 0 Å². The van der Waals surface area contributed by atoms with Crippen LogP contribution in [0.2, 0.25) is 0 Å². The van der Waals surface area contributed by atoms with E-state index < -0.39 is 0 Å². The molecule has 154 valence electrons. The average molecular weight is 389 g/mol. The van der Waals surface area contributed by atoms with Crippen LogP contribution < -0.4 is 10.6 Å². The lowest BCUT2D eigenvalue weighted by molar-refractivity contribution is 0.0124. The smallest absolute Gasteiger partial charge is 0.191 e. The number of ether oxygens (including phenoxy) is 1. The highest BCUT2D eigenvalue weighted by Crippen LogP contribution is 2.23. The number of nitrogens with one attached hydrogen (secondary N) is 2. The molecular weight excluding hydrogens is 356 g/mol. The Morgan fingerprint density at radius 3 is 2.54 bits per heavy atom. The van der Waals surface area contributed by atoms with E-state index >= 15 is 0 Å². The molecule has 1 unspecified atom stereocenters. The quantitative estimate of drug-likeness (QED) is 0.579. The maximum atomic E-state index is 5.93. The summed E-state index contributed by atoms with van der Waals surface area (Å²) in [6.45, 7) is 10.8. The van der Waals surface area contributed by atoms with Crippen LogP contribution in [0.15, 0.2) is 21.5 Å². The van der Waals surface area contributed by atoms with Crippen molar-refractivity contribution in [2.75, 3.05) is 39.9 Å². The third-order valence-corrected chi connectivity index (χ3v) is 5.35. The Kier molecular flexibility index (Phi) is 6.74. The van der Waals surface area contributed by atoms with Gasteiger partial charge in [-0.05, 0) is 32.9 Å². The van der Waals surface area contributed by atoms with Crippen LogP contribution in [0.4, 0.5) is 0 Å². The third-order valence-electron chi connectivity index (χ3n) is 5.35. The number of rotatable bonds is 6. The molecule has 0 radical (unpaired) electrons. The van der Waals surface area contributed by atoms with Gasteiger partial charge in [0.15, 0.2) is 5.96 Å². The van der Waals surface area contributed by atoms with Crippen molar-refractivity contribution < 1.29 is 9.15 Å². The van der Waals surface area contributed by atoms with Crippen LogP contribution in [0.5, 0.6) is 0 Å². The monoisotopic (exact) mass is 388 g/mol. The van der Waals surface area contributed by atoms with Crippen molar-refractivity contribution in [3.05, 3.63) is 40.6 Å². The topological polar surface area (TPSA) is 79.8 Å². The van der Waals surface area contributed by atoms with Crippen LogP contribution in [0.25, 0.3) is 0 Å². The molecular formula is C20H32N6O2. The van der Waals surface area contributed by atoms with E-state index in [-0.39, 0.29) is 6.04 Å². The second-order valence-electron chi connectivity index (χ2n) is 7.19. The number of nitrogens with zero attached hydrogens (tertiary/aromatic N) is 4. The summed E-state index contributed by atoms with van der Waals surface area (Å²) in [4.78, 5) is 6.78. The van der Waals surface area contributed by atoms with E-state index in [1.54, 1.807) is 7.05 Å². The third kappa shape index (κ3) is 4.74. The van der Waals surface area contributed by atoms with Crippen LogP contribution in [0.1, 0.15) is 34.5 Å². The predicted molar refractivity (Wildman–Crippen MR) is 109 cm³/mol. The molecule has 1 atom stereocenters. The summed E-state index contributed by atoms with van der Waals surface area (Å²) in [6, 6.07) is 4.22. The lowest BCUT2D eigenvalue weighted by Crippen LogP contribution is -2.46. The molecule has 1 aliphatic heterocycles. The lowest BCUT2D eigenvalue weighted by Gasteiger charge is -2.33. The molecule has 2 aromatic heterocycles. The molecule has 1 aliphatic rings. The van der Waals surface area contributed by atoms with Gasteiger partial charge in [-0.3, -0.25) is 14.6 Å². The first-order valence-electron chi connectivity index (χ1n) is 9.81. The fourth-order valence-corrected chi connectivity index (χ4v) is 3.59. The van der Waals surface area contributed by atoms with Crippen molar-refractivity contribution in [1.82, 2.24) is 25.3 Å². The maximum absolute atomic E-state index is 5.93. The number of aryl methyl sites for hydroxylation is 3. The van der Waals surface area contributed by atoms with Crippen LogP contribution >= 0.6 is 0 Å². The molecule has 8 nitrogen and oxygen atoms in total. The Hall–Kier alpha value is -2.32. The van der Waals surface area contributed by atoms with E-state index in [1.807, 2.05) is 31.6 Å². The standard InChI is InChI=1S/C20H32N6O2/c1-14-6-7-19(28-14)18(26-8-10-27-11-9-26)13-23-20(21-4)22-12-17-15(2)24-25(5)16(17)3/h6-7,18H,8-13H2,1-5H3,(H2,21,22,23). The highest BCUT2D eigenvalue weighted by atomic mass is 16.5. The number of hydrogen-bond donors (Lipinski definition) is 2. The van der Waals surface area contributed by atoms with Gasteiger partial charge in [0.2, 0.25) is 0 Å². The summed E-state index contributed by atoms with van der Waals surface area (Å²) >= 11 is 0. The van der Waals surface area contributed by atoms with Gasteiger partial charge in [0, 0.05) is 51.5 Å². The molecule has 0 amide bonds. The molecule has 3 heterocycles. The lowest BCUT2D eigenvalue weighted by atomic mass is 10.1. The zero-order valence-electron chi connectivity index (χ0n) is 17.6. The molecule has 3 rings (SSSR count). The number of furan rings is 1. The largest absolute Gasteiger partial charge is 0.465 e. The molecule has 2 aromatic rings. The Labute approximate surface area is 166 Å². The predicted octanol–water partition coefficient (Wildman–Crippen LogP) is 1.68. The van der Waals surface area contributed by atoms with Crippen LogP contribution in [-0.4, -0.2) is 60.5 Å². The van der Waals surface area contributed by atoms with Gasteiger partial charge < -0.3 is 19.8 Å². The van der Waals surface area contributed by atoms with E-state index in [0.29, 0.717) is 13.1 Å². The molecule has 8 heteroatoms. The highest BCUT2D eigenvalue weighted by molar-refractivity contribution is 5.79. The number of guanidine groups is 1. The van der Waals surface area contributed by atoms with Gasteiger partial charge in [-0.15, -0.1) is 0 Å². The van der Waals surface area contributed by atoms with Gasteiger partial charge in [0.1, 0.15) is 11.5 Å². The van der Waals surface area contributed by atoms with Gasteiger partial charge in [-0.1, -0.05) is 0 Å². The summed E-state index contributed by atoms with van der Waals surface area (Å²) in [5, 5.41) is 11.3. The van der Waals surface area contributed by atoms with Crippen LogP contribution in [-0.2, 0) is 18.3 Å². The van der Waals surface area contributed by atoms with E-state index in [4.69, 9.17) is 9.15 Å². The normalized spacial score (nSPS) is 17.0. The first-order valence-corrected chi connectivity index (χ1v) is 9.81. The molecule has 0 aromatic carbocycles. The SMILES string of the molecule is CN=C(NCc1c(C)nn(C)c1C)NCC(c1ccc(C)o1)N1CCOCC1. The zero-order valence-corrected chi connectivity index (χ0v) is 17.6. The molecule has 0 saturated carbocycles. The first kappa shape index (κ1) is 20.4. The highest BCUT2D eigenvalue weighted by Gasteiger charge is 2.25. The van der Waals surface area contributed by atoms with Crippen molar-refractivity contribution >= 4 is 5.96 Å². The molecule has 28 heavy (non-hydrogen) atoms. The van der Waals surface area contributed by atoms with E-state index in [1.165, 1.54) is 5.56 Å². The van der Waals surface area contributed by atoms with Crippen LogP contribution in [0, 0.1) is 20.8 Å². The number of aromatic nitrogens is 2. The zero-order chi connectivity index (χ0) is 20.1. The second-order valence-corrected chi connectivity index (χ2v) is 7.19. The molecule has 2 N–H and O–H groups in total. The summed E-state index contributed by atoms with van der Waals surface area (Å²) < 4.78 is 13.4. The molecule has 0 spiro atoms. The average Bonchev–Trinajstić information content (AvgIpc) is 3.22. The van der Waals surface area contributed by atoms with Crippen molar-refractivity contribution in [3.63, 3.8) is 0 Å². The number of morpholine rings is 1. The van der Waals surface area contributed by atoms with Gasteiger partial charge in [0.05, 0.1) is 24.9 Å². The van der Waals surface area contributed by atoms with E-state index in [2.05, 4.69) is 38.6 Å². The Morgan fingerprint density at radius 2 is 1.96 bits per heavy atom. The fraction of sp³-hybridized carbons (Fsp3) is 0.600. The molecule has 1 fully saturated rings. The summed E-state index contributed by atoms with van der Waals surface area (Å²) in [5.74, 6) is 2.67. The summed E-state index contributed by atoms with van der Waals surface area (Å²) in [7, 11) is 3.76. The summed E-state index contributed by atoms with van der Waals surface area (Å²) in [5.41, 5.74) is 3.41. The van der Waals surface area contributed by atoms with Crippen molar-refractivity contribution in [2.45, 2.75) is 33.4 Å². The minimum atomic E-state index is 0.137.